The van der Waals surface area contributed by atoms with Crippen molar-refractivity contribution in [1.29, 1.82) is 0 Å². The SMILES string of the molecule is COCc1cc(CNC2(C)CCNC2)no1. The van der Waals surface area contributed by atoms with Crippen LogP contribution in [-0.4, -0.2) is 30.9 Å². The highest BCUT2D eigenvalue weighted by molar-refractivity contribution is 5.05. The van der Waals surface area contributed by atoms with E-state index in [2.05, 4.69) is 22.7 Å². The van der Waals surface area contributed by atoms with E-state index in [0.717, 1.165) is 37.5 Å². The fourth-order valence-electron chi connectivity index (χ4n) is 1.92. The van der Waals surface area contributed by atoms with Crippen LogP contribution in [-0.2, 0) is 17.9 Å². The Balaban J connectivity index is 1.84. The molecular weight excluding hydrogens is 206 g/mol. The molecule has 0 bridgehead atoms. The Kier molecular flexibility index (Phi) is 3.58. The van der Waals surface area contributed by atoms with Gasteiger partial charge >= 0.3 is 0 Å². The largest absolute Gasteiger partial charge is 0.377 e. The van der Waals surface area contributed by atoms with Crippen LogP contribution in [0.25, 0.3) is 0 Å². The van der Waals surface area contributed by atoms with E-state index in [1.54, 1.807) is 7.11 Å². The first-order valence-electron chi connectivity index (χ1n) is 5.61. The first kappa shape index (κ1) is 11.6. The number of methoxy groups -OCH3 is 1. The lowest BCUT2D eigenvalue weighted by molar-refractivity contribution is 0.155. The van der Waals surface area contributed by atoms with E-state index in [0.29, 0.717) is 6.61 Å². The molecule has 0 saturated carbocycles. The lowest BCUT2D eigenvalue weighted by atomic mass is 10.0. The summed E-state index contributed by atoms with van der Waals surface area (Å²) < 4.78 is 10.1. The lowest BCUT2D eigenvalue weighted by Gasteiger charge is -2.23. The number of hydrogen-bond donors (Lipinski definition) is 2. The molecule has 16 heavy (non-hydrogen) atoms. The summed E-state index contributed by atoms with van der Waals surface area (Å²) in [6, 6.07) is 1.93. The van der Waals surface area contributed by atoms with Crippen molar-refractivity contribution in [3.63, 3.8) is 0 Å². The van der Waals surface area contributed by atoms with Crippen LogP contribution in [0.15, 0.2) is 10.6 Å². The van der Waals surface area contributed by atoms with Crippen LogP contribution in [0.3, 0.4) is 0 Å². The van der Waals surface area contributed by atoms with Gasteiger partial charge in [0.05, 0.1) is 5.69 Å². The van der Waals surface area contributed by atoms with Gasteiger partial charge in [-0.15, -0.1) is 0 Å². The molecule has 90 valence electrons. The Hall–Kier alpha value is -0.910. The number of aromatic nitrogens is 1. The molecule has 0 amide bonds. The summed E-state index contributed by atoms with van der Waals surface area (Å²) in [7, 11) is 1.64. The molecule has 1 saturated heterocycles. The van der Waals surface area contributed by atoms with Gasteiger partial charge in [0.2, 0.25) is 0 Å². The topological polar surface area (TPSA) is 59.3 Å². The van der Waals surface area contributed by atoms with E-state index in [-0.39, 0.29) is 5.54 Å². The highest BCUT2D eigenvalue weighted by Gasteiger charge is 2.27. The minimum atomic E-state index is 0.181. The van der Waals surface area contributed by atoms with Crippen molar-refractivity contribution in [2.75, 3.05) is 20.2 Å². The Morgan fingerprint density at radius 2 is 2.56 bits per heavy atom. The molecule has 2 heterocycles. The van der Waals surface area contributed by atoms with Crippen molar-refractivity contribution in [2.45, 2.75) is 32.0 Å². The first-order chi connectivity index (χ1) is 7.72. The maximum atomic E-state index is 5.12. The number of nitrogens with one attached hydrogen (secondary N) is 2. The average molecular weight is 225 g/mol. The maximum Gasteiger partial charge on any atom is 0.162 e. The summed E-state index contributed by atoms with van der Waals surface area (Å²) in [4.78, 5) is 0. The molecule has 1 atom stereocenters. The molecule has 1 aromatic rings. The molecule has 5 heteroatoms. The van der Waals surface area contributed by atoms with E-state index < -0.39 is 0 Å². The lowest BCUT2D eigenvalue weighted by Crippen LogP contribution is -2.43. The van der Waals surface area contributed by atoms with Gasteiger partial charge in [0.15, 0.2) is 5.76 Å². The average Bonchev–Trinajstić information content (AvgIpc) is 2.86. The van der Waals surface area contributed by atoms with Crippen molar-refractivity contribution in [3.05, 3.63) is 17.5 Å². The van der Waals surface area contributed by atoms with Crippen molar-refractivity contribution >= 4 is 0 Å². The molecule has 2 rings (SSSR count). The molecule has 0 aliphatic carbocycles. The Labute approximate surface area is 95.5 Å². The second-order valence-corrected chi connectivity index (χ2v) is 4.56. The first-order valence-corrected chi connectivity index (χ1v) is 5.61. The van der Waals surface area contributed by atoms with Gasteiger partial charge < -0.3 is 19.9 Å². The third kappa shape index (κ3) is 2.81. The van der Waals surface area contributed by atoms with Crippen molar-refractivity contribution < 1.29 is 9.26 Å². The normalized spacial score (nSPS) is 25.1. The highest BCUT2D eigenvalue weighted by Crippen LogP contribution is 2.14. The number of ether oxygens (including phenoxy) is 1. The molecule has 0 aromatic carbocycles. The number of rotatable bonds is 5. The van der Waals surface area contributed by atoms with Gasteiger partial charge in [-0.3, -0.25) is 0 Å². The van der Waals surface area contributed by atoms with Gasteiger partial charge in [0.1, 0.15) is 6.61 Å². The van der Waals surface area contributed by atoms with Crippen LogP contribution < -0.4 is 10.6 Å². The molecule has 1 fully saturated rings. The van der Waals surface area contributed by atoms with Gasteiger partial charge in [-0.2, -0.15) is 0 Å². The molecule has 2 N–H and O–H groups in total. The highest BCUT2D eigenvalue weighted by atomic mass is 16.5. The predicted octanol–water partition coefficient (Wildman–Crippen LogP) is 0.663. The maximum absolute atomic E-state index is 5.12. The summed E-state index contributed by atoms with van der Waals surface area (Å²) >= 11 is 0. The van der Waals surface area contributed by atoms with Crippen LogP contribution in [0, 0.1) is 0 Å². The summed E-state index contributed by atoms with van der Waals surface area (Å²) in [5.74, 6) is 0.772. The third-order valence-electron chi connectivity index (χ3n) is 2.96. The summed E-state index contributed by atoms with van der Waals surface area (Å²) in [6.07, 6.45) is 1.15. The Morgan fingerprint density at radius 3 is 3.25 bits per heavy atom. The Bertz CT molecular complexity index is 332. The van der Waals surface area contributed by atoms with Gasteiger partial charge in [-0.1, -0.05) is 5.16 Å². The van der Waals surface area contributed by atoms with E-state index in [4.69, 9.17) is 9.26 Å². The predicted molar refractivity (Wildman–Crippen MR) is 59.9 cm³/mol. The van der Waals surface area contributed by atoms with Crippen LogP contribution in [0.4, 0.5) is 0 Å². The zero-order valence-corrected chi connectivity index (χ0v) is 9.88. The molecule has 1 unspecified atom stereocenters. The monoisotopic (exact) mass is 225 g/mol. The summed E-state index contributed by atoms with van der Waals surface area (Å²) in [6.45, 7) is 5.54. The fraction of sp³-hybridized carbons (Fsp3) is 0.727. The van der Waals surface area contributed by atoms with E-state index >= 15 is 0 Å². The molecule has 1 aliphatic heterocycles. The van der Waals surface area contributed by atoms with E-state index in [1.165, 1.54) is 0 Å². The standard InChI is InChI=1S/C11H19N3O2/c1-11(3-4-12-8-11)13-6-9-5-10(7-15-2)16-14-9/h5,12-13H,3-4,6-8H2,1-2H3. The quantitative estimate of drug-likeness (QED) is 0.771. The van der Waals surface area contributed by atoms with Crippen molar-refractivity contribution in [2.24, 2.45) is 0 Å². The number of nitrogens with zero attached hydrogens (tertiary/aromatic N) is 1. The fourth-order valence-corrected chi connectivity index (χ4v) is 1.92. The molecule has 5 nitrogen and oxygen atoms in total. The van der Waals surface area contributed by atoms with Gasteiger partial charge in [-0.25, -0.2) is 0 Å². The zero-order chi connectivity index (χ0) is 11.4. The van der Waals surface area contributed by atoms with Gasteiger partial charge in [-0.05, 0) is 19.9 Å². The molecule has 0 radical (unpaired) electrons. The minimum absolute atomic E-state index is 0.181. The second kappa shape index (κ2) is 4.95. The smallest absolute Gasteiger partial charge is 0.162 e. The van der Waals surface area contributed by atoms with Crippen LogP contribution in [0.2, 0.25) is 0 Å². The zero-order valence-electron chi connectivity index (χ0n) is 9.88. The molecule has 0 spiro atoms. The van der Waals surface area contributed by atoms with Crippen LogP contribution >= 0.6 is 0 Å². The van der Waals surface area contributed by atoms with E-state index in [9.17, 15) is 0 Å². The van der Waals surface area contributed by atoms with Crippen LogP contribution in [0.5, 0.6) is 0 Å². The van der Waals surface area contributed by atoms with Crippen molar-refractivity contribution in [3.8, 4) is 0 Å². The molecular formula is C11H19N3O2. The number of hydrogen-bond acceptors (Lipinski definition) is 5. The van der Waals surface area contributed by atoms with E-state index in [1.807, 2.05) is 6.07 Å². The van der Waals surface area contributed by atoms with Gasteiger partial charge in [0, 0.05) is 31.8 Å². The second-order valence-electron chi connectivity index (χ2n) is 4.56. The minimum Gasteiger partial charge on any atom is -0.377 e. The summed E-state index contributed by atoms with van der Waals surface area (Å²) in [5.41, 5.74) is 1.11. The third-order valence-corrected chi connectivity index (χ3v) is 2.96. The molecule has 1 aliphatic rings. The summed E-state index contributed by atoms with van der Waals surface area (Å²) in [5, 5.41) is 10.8. The van der Waals surface area contributed by atoms with Crippen molar-refractivity contribution in [1.82, 2.24) is 15.8 Å². The van der Waals surface area contributed by atoms with Gasteiger partial charge in [0.25, 0.3) is 0 Å². The Morgan fingerprint density at radius 1 is 1.69 bits per heavy atom. The van der Waals surface area contributed by atoms with Crippen LogP contribution in [0.1, 0.15) is 24.8 Å². The molecule has 1 aromatic heterocycles.